The predicted molar refractivity (Wildman–Crippen MR) is 79.6 cm³/mol. The summed E-state index contributed by atoms with van der Waals surface area (Å²) in [5.74, 6) is 7.20. The highest BCUT2D eigenvalue weighted by Gasteiger charge is 2.59. The molecule has 4 bridgehead atoms. The van der Waals surface area contributed by atoms with Crippen molar-refractivity contribution in [3.05, 3.63) is 0 Å². The molecule has 0 atom stereocenters. The Labute approximate surface area is 118 Å². The summed E-state index contributed by atoms with van der Waals surface area (Å²) in [4.78, 5) is 0. The zero-order valence-electron chi connectivity index (χ0n) is 12.8. The van der Waals surface area contributed by atoms with Crippen LogP contribution in [-0.4, -0.2) is 6.54 Å². The van der Waals surface area contributed by atoms with Gasteiger partial charge in [-0.1, -0.05) is 13.8 Å². The lowest BCUT2D eigenvalue weighted by atomic mass is 9.41. The second kappa shape index (κ2) is 4.23. The summed E-state index contributed by atoms with van der Waals surface area (Å²) in [6.07, 6.45) is 10.7. The third kappa shape index (κ3) is 1.76. The van der Waals surface area contributed by atoms with E-state index in [-0.39, 0.29) is 0 Å². The van der Waals surface area contributed by atoms with Crippen LogP contribution in [0.2, 0.25) is 0 Å². The van der Waals surface area contributed by atoms with Gasteiger partial charge in [-0.25, -0.2) is 0 Å². The largest absolute Gasteiger partial charge is 0.330 e. The van der Waals surface area contributed by atoms with E-state index < -0.39 is 0 Å². The quantitative estimate of drug-likeness (QED) is 0.814. The Kier molecular flexibility index (Phi) is 2.82. The van der Waals surface area contributed by atoms with Gasteiger partial charge in [-0.2, -0.15) is 0 Å². The lowest BCUT2D eigenvalue weighted by molar-refractivity contribution is -0.144. The summed E-state index contributed by atoms with van der Waals surface area (Å²) in [6, 6.07) is 0. The van der Waals surface area contributed by atoms with Crippen molar-refractivity contribution in [2.45, 2.75) is 58.8 Å². The van der Waals surface area contributed by atoms with Gasteiger partial charge in [-0.05, 0) is 98.3 Å². The van der Waals surface area contributed by atoms with Crippen LogP contribution in [0.15, 0.2) is 0 Å². The number of rotatable bonds is 3. The number of hydrogen-bond donors (Lipinski definition) is 1. The molecule has 2 N–H and O–H groups in total. The van der Waals surface area contributed by atoms with E-state index >= 15 is 0 Å². The van der Waals surface area contributed by atoms with Crippen LogP contribution in [0.4, 0.5) is 0 Å². The molecule has 1 heteroatoms. The molecule has 0 aromatic carbocycles. The van der Waals surface area contributed by atoms with Gasteiger partial charge in [0.1, 0.15) is 0 Å². The molecule has 108 valence electrons. The molecule has 0 saturated heterocycles. The Morgan fingerprint density at radius 2 is 1.47 bits per heavy atom. The second-order valence-electron chi connectivity index (χ2n) is 8.94. The summed E-state index contributed by atoms with van der Waals surface area (Å²) in [7, 11) is 0. The van der Waals surface area contributed by atoms with Crippen LogP contribution in [-0.2, 0) is 0 Å². The lowest BCUT2D eigenvalue weighted by Crippen LogP contribution is -2.59. The first kappa shape index (κ1) is 12.7. The van der Waals surface area contributed by atoms with E-state index in [4.69, 9.17) is 5.73 Å². The first-order valence-corrected chi connectivity index (χ1v) is 8.81. The maximum Gasteiger partial charge on any atom is -0.00175 e. The maximum atomic E-state index is 6.31. The van der Waals surface area contributed by atoms with Crippen molar-refractivity contribution in [1.29, 1.82) is 0 Å². The van der Waals surface area contributed by atoms with E-state index in [1.54, 1.807) is 32.1 Å². The SMILES string of the molecule is CC(C)C1CC(CN)(C2C3CC4CC(C3)CC2C4)C1. The van der Waals surface area contributed by atoms with E-state index in [0.717, 1.165) is 48.0 Å². The fourth-order valence-corrected chi connectivity index (χ4v) is 6.96. The van der Waals surface area contributed by atoms with E-state index in [0.29, 0.717) is 5.41 Å². The van der Waals surface area contributed by atoms with Crippen LogP contribution < -0.4 is 5.73 Å². The monoisotopic (exact) mass is 261 g/mol. The molecule has 0 radical (unpaired) electrons. The van der Waals surface area contributed by atoms with Crippen LogP contribution in [0.3, 0.4) is 0 Å². The molecule has 5 saturated carbocycles. The predicted octanol–water partition coefficient (Wildman–Crippen LogP) is 4.07. The number of hydrogen-bond acceptors (Lipinski definition) is 1. The van der Waals surface area contributed by atoms with Gasteiger partial charge in [0.05, 0.1) is 0 Å². The summed E-state index contributed by atoms with van der Waals surface area (Å²) < 4.78 is 0. The zero-order valence-corrected chi connectivity index (χ0v) is 12.8. The molecule has 0 spiro atoms. The van der Waals surface area contributed by atoms with Crippen LogP contribution in [0, 0.1) is 46.8 Å². The lowest BCUT2D eigenvalue weighted by Gasteiger charge is -2.64. The Morgan fingerprint density at radius 3 is 1.89 bits per heavy atom. The molecule has 0 amide bonds. The highest BCUT2D eigenvalue weighted by molar-refractivity contribution is 5.09. The molecule has 0 heterocycles. The fraction of sp³-hybridized carbons (Fsp3) is 1.00. The van der Waals surface area contributed by atoms with Gasteiger partial charge in [0.25, 0.3) is 0 Å². The maximum absolute atomic E-state index is 6.31. The smallest absolute Gasteiger partial charge is 0.00175 e. The molecular weight excluding hydrogens is 230 g/mol. The van der Waals surface area contributed by atoms with Crippen LogP contribution in [0.5, 0.6) is 0 Å². The van der Waals surface area contributed by atoms with Gasteiger partial charge in [0.15, 0.2) is 0 Å². The molecule has 0 aromatic rings. The minimum absolute atomic E-state index is 0.567. The highest BCUT2D eigenvalue weighted by Crippen LogP contribution is 2.66. The second-order valence-corrected chi connectivity index (χ2v) is 8.94. The molecule has 5 aliphatic rings. The Morgan fingerprint density at radius 1 is 0.947 bits per heavy atom. The van der Waals surface area contributed by atoms with Crippen molar-refractivity contribution in [2.24, 2.45) is 52.6 Å². The summed E-state index contributed by atoms with van der Waals surface area (Å²) in [5, 5.41) is 0. The van der Waals surface area contributed by atoms with Gasteiger partial charge >= 0.3 is 0 Å². The molecule has 0 aromatic heterocycles. The van der Waals surface area contributed by atoms with Crippen molar-refractivity contribution in [2.75, 3.05) is 6.54 Å². The van der Waals surface area contributed by atoms with Crippen molar-refractivity contribution in [3.8, 4) is 0 Å². The Balaban J connectivity index is 1.55. The van der Waals surface area contributed by atoms with Crippen molar-refractivity contribution >= 4 is 0 Å². The molecule has 0 aliphatic heterocycles. The van der Waals surface area contributed by atoms with Gasteiger partial charge in [-0.3, -0.25) is 0 Å². The molecule has 19 heavy (non-hydrogen) atoms. The summed E-state index contributed by atoms with van der Waals surface area (Å²) in [6.45, 7) is 5.78. The third-order valence-corrected chi connectivity index (χ3v) is 7.62. The van der Waals surface area contributed by atoms with Gasteiger partial charge in [0.2, 0.25) is 0 Å². The van der Waals surface area contributed by atoms with E-state index in [9.17, 15) is 0 Å². The van der Waals surface area contributed by atoms with Crippen LogP contribution in [0.1, 0.15) is 58.8 Å². The average Bonchev–Trinajstić information content (AvgIpc) is 2.29. The Hall–Kier alpha value is -0.0400. The van der Waals surface area contributed by atoms with Crippen molar-refractivity contribution < 1.29 is 0 Å². The first-order chi connectivity index (χ1) is 9.11. The van der Waals surface area contributed by atoms with E-state index in [2.05, 4.69) is 13.8 Å². The average molecular weight is 261 g/mol. The van der Waals surface area contributed by atoms with Gasteiger partial charge in [-0.15, -0.1) is 0 Å². The molecule has 1 nitrogen and oxygen atoms in total. The van der Waals surface area contributed by atoms with E-state index in [1.807, 2.05) is 0 Å². The third-order valence-electron chi connectivity index (χ3n) is 7.62. The van der Waals surface area contributed by atoms with Gasteiger partial charge in [0, 0.05) is 0 Å². The van der Waals surface area contributed by atoms with Crippen LogP contribution >= 0.6 is 0 Å². The Bertz CT molecular complexity index is 325. The first-order valence-electron chi connectivity index (χ1n) is 8.81. The fourth-order valence-electron chi connectivity index (χ4n) is 6.96. The normalized spacial score (nSPS) is 55.6. The summed E-state index contributed by atoms with van der Waals surface area (Å²) in [5.41, 5.74) is 6.88. The molecule has 0 unspecified atom stereocenters. The summed E-state index contributed by atoms with van der Waals surface area (Å²) >= 11 is 0. The number of nitrogens with two attached hydrogens (primary N) is 1. The van der Waals surface area contributed by atoms with Crippen LogP contribution in [0.25, 0.3) is 0 Å². The zero-order chi connectivity index (χ0) is 13.2. The minimum atomic E-state index is 0.567. The van der Waals surface area contributed by atoms with Gasteiger partial charge < -0.3 is 5.73 Å². The van der Waals surface area contributed by atoms with Crippen molar-refractivity contribution in [1.82, 2.24) is 0 Å². The topological polar surface area (TPSA) is 26.0 Å². The van der Waals surface area contributed by atoms with Crippen molar-refractivity contribution in [3.63, 3.8) is 0 Å². The molecule has 5 rings (SSSR count). The molecule has 5 aliphatic carbocycles. The van der Waals surface area contributed by atoms with E-state index in [1.165, 1.54) is 12.8 Å². The standard InChI is InChI=1S/C18H31N/c1-11(2)16-8-18(9-16,10-19)17-14-4-12-3-13(6-14)7-15(17)5-12/h11-17H,3-10,19H2,1-2H3. The molecule has 5 fully saturated rings. The molecular formula is C18H31N. The minimum Gasteiger partial charge on any atom is -0.330 e. The highest BCUT2D eigenvalue weighted by atomic mass is 14.7.